The number of rotatable bonds is 3. The van der Waals surface area contributed by atoms with Crippen molar-refractivity contribution in [2.45, 2.75) is 13.3 Å². The molecule has 0 spiro atoms. The van der Waals surface area contributed by atoms with Gasteiger partial charge in [-0.05, 0) is 24.6 Å². The van der Waals surface area contributed by atoms with Crippen molar-refractivity contribution < 1.29 is 9.18 Å². The van der Waals surface area contributed by atoms with Crippen LogP contribution in [0.2, 0.25) is 0 Å². The number of carbonyl (C=O) groups excluding carboxylic acids is 1. The summed E-state index contributed by atoms with van der Waals surface area (Å²) in [6.45, 7) is 1.90. The highest BCUT2D eigenvalue weighted by atomic mass is 19.1. The molecule has 0 saturated heterocycles. The number of hydrogen-bond donors (Lipinski definition) is 1. The van der Waals surface area contributed by atoms with E-state index >= 15 is 0 Å². The molecule has 4 heteroatoms. The monoisotopic (exact) mass is 194 g/mol. The molecule has 14 heavy (non-hydrogen) atoms. The van der Waals surface area contributed by atoms with Gasteiger partial charge >= 0.3 is 0 Å². The van der Waals surface area contributed by atoms with E-state index in [1.54, 1.807) is 6.21 Å². The van der Waals surface area contributed by atoms with Crippen molar-refractivity contribution in [3.05, 3.63) is 35.6 Å². The topological polar surface area (TPSA) is 41.5 Å². The summed E-state index contributed by atoms with van der Waals surface area (Å²) in [4.78, 5) is 11.3. The van der Waals surface area contributed by atoms with E-state index in [0.717, 1.165) is 12.5 Å². The fourth-order valence-electron chi connectivity index (χ4n) is 0.890. The number of benzene rings is 1. The van der Waals surface area contributed by atoms with Crippen LogP contribution < -0.4 is 5.43 Å². The lowest BCUT2D eigenvalue weighted by atomic mass is 10.2. The second kappa shape index (κ2) is 5.11. The summed E-state index contributed by atoms with van der Waals surface area (Å²) < 4.78 is 12.7. The second-order valence-corrected chi connectivity index (χ2v) is 2.67. The van der Waals surface area contributed by atoms with Gasteiger partial charge in [0.2, 0.25) is 0 Å². The molecule has 0 aliphatic rings. The van der Waals surface area contributed by atoms with Gasteiger partial charge in [0.25, 0.3) is 5.91 Å². The zero-order valence-electron chi connectivity index (χ0n) is 7.83. The second-order valence-electron chi connectivity index (χ2n) is 2.67. The predicted molar refractivity (Wildman–Crippen MR) is 52.6 cm³/mol. The van der Waals surface area contributed by atoms with Crippen LogP contribution in [-0.4, -0.2) is 12.1 Å². The van der Waals surface area contributed by atoms with E-state index in [-0.39, 0.29) is 5.56 Å². The molecule has 74 valence electrons. The smallest absolute Gasteiger partial charge is 0.267 e. The maximum atomic E-state index is 12.7. The third kappa shape index (κ3) is 2.97. The van der Waals surface area contributed by atoms with Gasteiger partial charge in [-0.25, -0.2) is 9.82 Å². The van der Waals surface area contributed by atoms with Crippen molar-refractivity contribution in [2.75, 3.05) is 0 Å². The third-order valence-electron chi connectivity index (χ3n) is 1.53. The molecular weight excluding hydrogens is 183 g/mol. The van der Waals surface area contributed by atoms with Crippen LogP contribution in [-0.2, 0) is 0 Å². The zero-order valence-corrected chi connectivity index (χ0v) is 7.83. The molecule has 0 aliphatic carbocycles. The minimum absolute atomic E-state index is 0.262. The lowest BCUT2D eigenvalue weighted by Crippen LogP contribution is -2.17. The van der Waals surface area contributed by atoms with E-state index in [1.807, 2.05) is 6.92 Å². The molecule has 0 bridgehead atoms. The van der Waals surface area contributed by atoms with E-state index < -0.39 is 11.7 Å². The molecule has 3 nitrogen and oxygen atoms in total. The minimum Gasteiger partial charge on any atom is -0.267 e. The van der Waals surface area contributed by atoms with Gasteiger partial charge in [0.05, 0.1) is 0 Å². The summed E-state index contributed by atoms with van der Waals surface area (Å²) in [5, 5.41) is 3.65. The van der Waals surface area contributed by atoms with Crippen LogP contribution in [0.4, 0.5) is 4.39 Å². The van der Waals surface area contributed by atoms with Crippen molar-refractivity contribution in [3.63, 3.8) is 0 Å². The normalized spacial score (nSPS) is 10.4. The molecule has 1 N–H and O–H groups in total. The lowest BCUT2D eigenvalue weighted by molar-refractivity contribution is 0.0954. The first-order valence-electron chi connectivity index (χ1n) is 4.31. The number of hydrazone groups is 1. The molecule has 0 atom stereocenters. The molecule has 1 aromatic carbocycles. The van der Waals surface area contributed by atoms with Gasteiger partial charge < -0.3 is 0 Å². The number of hydrogen-bond acceptors (Lipinski definition) is 2. The van der Waals surface area contributed by atoms with E-state index in [9.17, 15) is 9.18 Å². The van der Waals surface area contributed by atoms with Crippen LogP contribution in [0, 0.1) is 5.82 Å². The molecule has 1 rings (SSSR count). The fraction of sp³-hybridized carbons (Fsp3) is 0.200. The third-order valence-corrected chi connectivity index (χ3v) is 1.53. The largest absolute Gasteiger partial charge is 0.271 e. The molecule has 0 unspecified atom stereocenters. The van der Waals surface area contributed by atoms with E-state index in [1.165, 1.54) is 18.2 Å². The number of amides is 1. The average molecular weight is 194 g/mol. The Kier molecular flexibility index (Phi) is 3.79. The molecule has 0 saturated carbocycles. The zero-order chi connectivity index (χ0) is 10.4. The first-order valence-corrected chi connectivity index (χ1v) is 4.31. The number of carbonyl (C=O) groups is 1. The molecule has 1 amide bonds. The van der Waals surface area contributed by atoms with Gasteiger partial charge in [0, 0.05) is 11.8 Å². The van der Waals surface area contributed by atoms with E-state index in [2.05, 4.69) is 10.5 Å². The number of nitrogens with zero attached hydrogens (tertiary/aromatic N) is 1. The Labute approximate surface area is 81.6 Å². The van der Waals surface area contributed by atoms with Crippen LogP contribution >= 0.6 is 0 Å². The van der Waals surface area contributed by atoms with Gasteiger partial charge in [0.15, 0.2) is 0 Å². The predicted octanol–water partition coefficient (Wildman–Crippen LogP) is 1.95. The fourth-order valence-corrected chi connectivity index (χ4v) is 0.890. The standard InChI is InChI=1S/C10H11FN2O/c1-2-6-12-13-10(14)8-4-3-5-9(11)7-8/h3-7H,2H2,1H3,(H,13,14)/b12-6+. The Morgan fingerprint density at radius 1 is 1.64 bits per heavy atom. The minimum atomic E-state index is -0.433. The summed E-state index contributed by atoms with van der Waals surface area (Å²) in [6, 6.07) is 5.45. The molecule has 0 heterocycles. The Morgan fingerprint density at radius 2 is 2.43 bits per heavy atom. The molecule has 1 aromatic rings. The highest BCUT2D eigenvalue weighted by molar-refractivity contribution is 5.94. The van der Waals surface area contributed by atoms with Crippen LogP contribution in [0.5, 0.6) is 0 Å². The highest BCUT2D eigenvalue weighted by Gasteiger charge is 2.03. The van der Waals surface area contributed by atoms with Crippen molar-refractivity contribution in [1.29, 1.82) is 0 Å². The first kappa shape index (κ1) is 10.4. The van der Waals surface area contributed by atoms with Crippen LogP contribution in [0.3, 0.4) is 0 Å². The summed E-state index contributed by atoms with van der Waals surface area (Å²) in [5.74, 6) is -0.841. The van der Waals surface area contributed by atoms with Crippen molar-refractivity contribution >= 4 is 12.1 Å². The summed E-state index contributed by atoms with van der Waals surface area (Å²) in [5.41, 5.74) is 2.55. The quantitative estimate of drug-likeness (QED) is 0.580. The molecular formula is C10H11FN2O. The van der Waals surface area contributed by atoms with Crippen LogP contribution in [0.15, 0.2) is 29.4 Å². The summed E-state index contributed by atoms with van der Waals surface area (Å²) >= 11 is 0. The molecule has 0 radical (unpaired) electrons. The highest BCUT2D eigenvalue weighted by Crippen LogP contribution is 2.02. The Bertz CT molecular complexity index is 350. The lowest BCUT2D eigenvalue weighted by Gasteiger charge is -1.98. The molecule has 0 aliphatic heterocycles. The SMILES string of the molecule is CC/C=N/NC(=O)c1cccc(F)c1. The summed E-state index contributed by atoms with van der Waals surface area (Å²) in [7, 11) is 0. The molecule has 0 aromatic heterocycles. The van der Waals surface area contributed by atoms with Crippen LogP contribution in [0.1, 0.15) is 23.7 Å². The van der Waals surface area contributed by atoms with E-state index in [4.69, 9.17) is 0 Å². The maximum Gasteiger partial charge on any atom is 0.271 e. The first-order chi connectivity index (χ1) is 6.74. The number of nitrogens with one attached hydrogen (secondary N) is 1. The van der Waals surface area contributed by atoms with Gasteiger partial charge in [-0.3, -0.25) is 4.79 Å². The van der Waals surface area contributed by atoms with E-state index in [0.29, 0.717) is 0 Å². The Balaban J connectivity index is 2.65. The van der Waals surface area contributed by atoms with Crippen molar-refractivity contribution in [1.82, 2.24) is 5.43 Å². The summed E-state index contributed by atoms with van der Waals surface area (Å²) in [6.07, 6.45) is 2.31. The van der Waals surface area contributed by atoms with Crippen molar-refractivity contribution in [3.8, 4) is 0 Å². The van der Waals surface area contributed by atoms with Crippen molar-refractivity contribution in [2.24, 2.45) is 5.10 Å². The van der Waals surface area contributed by atoms with Gasteiger partial charge in [-0.15, -0.1) is 0 Å². The maximum absolute atomic E-state index is 12.7. The molecule has 0 fully saturated rings. The van der Waals surface area contributed by atoms with Crippen LogP contribution in [0.25, 0.3) is 0 Å². The number of halogens is 1. The van der Waals surface area contributed by atoms with Gasteiger partial charge in [0.1, 0.15) is 5.82 Å². The average Bonchev–Trinajstić information content (AvgIpc) is 2.18. The van der Waals surface area contributed by atoms with Gasteiger partial charge in [-0.2, -0.15) is 5.10 Å². The Morgan fingerprint density at radius 3 is 3.07 bits per heavy atom. The Hall–Kier alpha value is -1.71. The van der Waals surface area contributed by atoms with Gasteiger partial charge in [-0.1, -0.05) is 13.0 Å².